The second-order valence-electron chi connectivity index (χ2n) is 4.43. The Hall–Kier alpha value is -2.80. The summed E-state index contributed by atoms with van der Waals surface area (Å²) >= 11 is 0. The van der Waals surface area contributed by atoms with E-state index >= 15 is 0 Å². The maximum atomic E-state index is 13.1. The average Bonchev–Trinajstić information content (AvgIpc) is 2.50. The summed E-state index contributed by atoms with van der Waals surface area (Å²) in [7, 11) is 1.36. The van der Waals surface area contributed by atoms with Crippen LogP contribution in [0.1, 0.15) is 11.7 Å². The molecule has 0 saturated heterocycles. The molecule has 1 amide bonds. The van der Waals surface area contributed by atoms with Gasteiger partial charge in [-0.3, -0.25) is 14.9 Å². The Balaban J connectivity index is 2.26. The number of carbonyl (C=O) groups is 1. The molecule has 2 rings (SSSR count). The number of anilines is 1. The zero-order valence-electron chi connectivity index (χ0n) is 11.7. The molecular formula is C15H13FN2O4. The molecule has 7 heteroatoms. The van der Waals surface area contributed by atoms with E-state index in [2.05, 4.69) is 5.32 Å². The van der Waals surface area contributed by atoms with Crippen molar-refractivity contribution >= 4 is 17.3 Å². The van der Waals surface area contributed by atoms with Crippen molar-refractivity contribution in [3.8, 4) is 0 Å². The van der Waals surface area contributed by atoms with Gasteiger partial charge in [0, 0.05) is 7.11 Å². The third kappa shape index (κ3) is 3.44. The number of rotatable bonds is 5. The van der Waals surface area contributed by atoms with E-state index in [1.165, 1.54) is 7.11 Å². The number of nitro benzene ring substituents is 1. The second-order valence-corrected chi connectivity index (χ2v) is 4.43. The topological polar surface area (TPSA) is 81.5 Å². The Bertz CT molecular complexity index is 691. The Kier molecular flexibility index (Phi) is 4.80. The summed E-state index contributed by atoms with van der Waals surface area (Å²) < 4.78 is 18.2. The van der Waals surface area contributed by atoms with Gasteiger partial charge in [-0.25, -0.2) is 4.39 Å². The van der Waals surface area contributed by atoms with Crippen LogP contribution in [0.5, 0.6) is 0 Å². The molecule has 0 heterocycles. The highest BCUT2D eigenvalue weighted by atomic mass is 19.1. The first-order valence-electron chi connectivity index (χ1n) is 6.35. The van der Waals surface area contributed by atoms with Crippen molar-refractivity contribution in [2.75, 3.05) is 12.4 Å². The standard InChI is InChI=1S/C15H13FN2O4/c1-22-14(10-5-3-2-4-6-10)15(19)17-12-8-7-11(16)9-13(12)18(20)21/h2-9,14H,1H3,(H,17,19). The predicted molar refractivity (Wildman–Crippen MR) is 77.9 cm³/mol. The minimum atomic E-state index is -0.925. The summed E-state index contributed by atoms with van der Waals surface area (Å²) in [6.45, 7) is 0. The minimum Gasteiger partial charge on any atom is -0.367 e. The van der Waals surface area contributed by atoms with Gasteiger partial charge >= 0.3 is 0 Å². The first-order valence-corrected chi connectivity index (χ1v) is 6.35. The molecule has 0 fully saturated rings. The second kappa shape index (κ2) is 6.77. The Morgan fingerprint density at radius 2 is 1.95 bits per heavy atom. The number of halogens is 1. The molecule has 0 radical (unpaired) electrons. The smallest absolute Gasteiger partial charge is 0.295 e. The molecule has 1 N–H and O–H groups in total. The van der Waals surface area contributed by atoms with Crippen molar-refractivity contribution in [3.63, 3.8) is 0 Å². The van der Waals surface area contributed by atoms with Crippen molar-refractivity contribution in [1.82, 2.24) is 0 Å². The number of benzene rings is 2. The number of carbonyl (C=O) groups excluding carboxylic acids is 1. The van der Waals surface area contributed by atoms with Crippen LogP contribution in [0.2, 0.25) is 0 Å². The molecule has 0 bridgehead atoms. The molecule has 6 nitrogen and oxygen atoms in total. The molecule has 0 aliphatic rings. The van der Waals surface area contributed by atoms with E-state index in [-0.39, 0.29) is 5.69 Å². The highest BCUT2D eigenvalue weighted by molar-refractivity contribution is 5.96. The molecule has 22 heavy (non-hydrogen) atoms. The third-order valence-electron chi connectivity index (χ3n) is 2.99. The molecule has 114 valence electrons. The number of hydrogen-bond acceptors (Lipinski definition) is 4. The van der Waals surface area contributed by atoms with E-state index < -0.39 is 28.4 Å². The highest BCUT2D eigenvalue weighted by Crippen LogP contribution is 2.27. The van der Waals surface area contributed by atoms with Gasteiger partial charge in [0.15, 0.2) is 6.10 Å². The van der Waals surface area contributed by atoms with Crippen LogP contribution in [-0.2, 0) is 9.53 Å². The third-order valence-corrected chi connectivity index (χ3v) is 2.99. The summed E-state index contributed by atoms with van der Waals surface area (Å²) in [6, 6.07) is 11.6. The highest BCUT2D eigenvalue weighted by Gasteiger charge is 2.23. The lowest BCUT2D eigenvalue weighted by atomic mass is 10.1. The van der Waals surface area contributed by atoms with E-state index in [0.717, 1.165) is 18.2 Å². The van der Waals surface area contributed by atoms with Crippen LogP contribution in [0.25, 0.3) is 0 Å². The lowest BCUT2D eigenvalue weighted by Crippen LogP contribution is -2.23. The Morgan fingerprint density at radius 1 is 1.27 bits per heavy atom. The molecular weight excluding hydrogens is 291 g/mol. The molecule has 1 atom stereocenters. The van der Waals surface area contributed by atoms with E-state index in [4.69, 9.17) is 4.74 Å². The van der Waals surface area contributed by atoms with Gasteiger partial charge < -0.3 is 10.1 Å². The van der Waals surface area contributed by atoms with Crippen molar-refractivity contribution in [3.05, 3.63) is 70.0 Å². The Labute approximate surface area is 125 Å². The van der Waals surface area contributed by atoms with E-state index in [1.54, 1.807) is 30.3 Å². The number of hydrogen-bond donors (Lipinski definition) is 1. The van der Waals surface area contributed by atoms with Gasteiger partial charge in [-0.05, 0) is 17.7 Å². The fourth-order valence-corrected chi connectivity index (χ4v) is 1.98. The monoisotopic (exact) mass is 304 g/mol. The van der Waals surface area contributed by atoms with Gasteiger partial charge in [-0.1, -0.05) is 30.3 Å². The van der Waals surface area contributed by atoms with Gasteiger partial charge in [0.25, 0.3) is 11.6 Å². The summed E-state index contributed by atoms with van der Waals surface area (Å²) in [5, 5.41) is 13.3. The van der Waals surface area contributed by atoms with E-state index in [9.17, 15) is 19.3 Å². The number of nitrogens with zero attached hydrogens (tertiary/aromatic N) is 1. The Morgan fingerprint density at radius 3 is 2.55 bits per heavy atom. The minimum absolute atomic E-state index is 0.0885. The van der Waals surface area contributed by atoms with Gasteiger partial charge in [-0.15, -0.1) is 0 Å². The quantitative estimate of drug-likeness (QED) is 0.680. The summed E-state index contributed by atoms with van der Waals surface area (Å²) in [5.74, 6) is -1.33. The maximum absolute atomic E-state index is 13.1. The molecule has 2 aromatic rings. The van der Waals surface area contributed by atoms with Crippen LogP contribution in [0.15, 0.2) is 48.5 Å². The molecule has 0 aromatic heterocycles. The first-order chi connectivity index (χ1) is 10.5. The van der Waals surface area contributed by atoms with Gasteiger partial charge in [-0.2, -0.15) is 0 Å². The van der Waals surface area contributed by atoms with Crippen LogP contribution >= 0.6 is 0 Å². The zero-order chi connectivity index (χ0) is 16.1. The number of methoxy groups -OCH3 is 1. The summed E-state index contributed by atoms with van der Waals surface area (Å²) in [4.78, 5) is 22.4. The van der Waals surface area contributed by atoms with E-state index in [1.807, 2.05) is 0 Å². The molecule has 0 saturated carbocycles. The predicted octanol–water partition coefficient (Wildman–Crippen LogP) is 3.06. The SMILES string of the molecule is COC(C(=O)Nc1ccc(F)cc1[N+](=O)[O-])c1ccccc1. The van der Waals surface area contributed by atoms with Gasteiger partial charge in [0.2, 0.25) is 0 Å². The molecule has 0 spiro atoms. The lowest BCUT2D eigenvalue weighted by Gasteiger charge is -2.15. The first kappa shape index (κ1) is 15.6. The van der Waals surface area contributed by atoms with Crippen LogP contribution < -0.4 is 5.32 Å². The van der Waals surface area contributed by atoms with Crippen LogP contribution in [0.4, 0.5) is 15.8 Å². The van der Waals surface area contributed by atoms with Crippen molar-refractivity contribution < 1.29 is 18.8 Å². The number of nitrogens with one attached hydrogen (secondary N) is 1. The molecule has 1 unspecified atom stereocenters. The van der Waals surface area contributed by atoms with Gasteiger partial charge in [0.05, 0.1) is 11.0 Å². The van der Waals surface area contributed by atoms with Gasteiger partial charge in [0.1, 0.15) is 11.5 Å². The van der Waals surface area contributed by atoms with Crippen LogP contribution in [0.3, 0.4) is 0 Å². The largest absolute Gasteiger partial charge is 0.367 e. The molecule has 0 aliphatic carbocycles. The normalized spacial score (nSPS) is 11.7. The maximum Gasteiger partial charge on any atom is 0.295 e. The number of amides is 1. The van der Waals surface area contributed by atoms with Crippen molar-refractivity contribution in [2.24, 2.45) is 0 Å². The van der Waals surface area contributed by atoms with Crippen LogP contribution in [-0.4, -0.2) is 17.9 Å². The fraction of sp³-hybridized carbons (Fsp3) is 0.133. The zero-order valence-corrected chi connectivity index (χ0v) is 11.7. The van der Waals surface area contributed by atoms with Crippen LogP contribution in [0, 0.1) is 15.9 Å². The summed E-state index contributed by atoms with van der Waals surface area (Å²) in [5.41, 5.74) is -0.00193. The average molecular weight is 304 g/mol. The lowest BCUT2D eigenvalue weighted by molar-refractivity contribution is -0.384. The summed E-state index contributed by atoms with van der Waals surface area (Å²) in [6.07, 6.45) is -0.925. The van der Waals surface area contributed by atoms with Crippen molar-refractivity contribution in [1.29, 1.82) is 0 Å². The van der Waals surface area contributed by atoms with E-state index in [0.29, 0.717) is 5.56 Å². The fourth-order valence-electron chi connectivity index (χ4n) is 1.98. The molecule has 2 aromatic carbocycles. The molecule has 0 aliphatic heterocycles. The van der Waals surface area contributed by atoms with Crippen molar-refractivity contribution in [2.45, 2.75) is 6.10 Å². The number of nitro groups is 1. The number of ether oxygens (including phenoxy) is 1.